The fourth-order valence-electron chi connectivity index (χ4n) is 3.00. The number of amides is 1. The predicted octanol–water partition coefficient (Wildman–Crippen LogP) is 4.98. The molecule has 1 heterocycles. The van der Waals surface area contributed by atoms with Crippen molar-refractivity contribution >= 4 is 23.4 Å². The smallest absolute Gasteiger partial charge is 0.336 e. The number of hydrogen-bond donors (Lipinski definition) is 1. The van der Waals surface area contributed by atoms with E-state index in [-0.39, 0.29) is 5.91 Å². The van der Waals surface area contributed by atoms with Crippen molar-refractivity contribution in [2.75, 3.05) is 18.2 Å². The number of rotatable bonds is 7. The Morgan fingerprint density at radius 3 is 2.39 bits per heavy atom. The van der Waals surface area contributed by atoms with E-state index in [1.165, 1.54) is 17.3 Å². The van der Waals surface area contributed by atoms with Crippen LogP contribution in [-0.4, -0.2) is 33.5 Å². The molecule has 0 spiro atoms. The van der Waals surface area contributed by atoms with Crippen LogP contribution in [-0.2, 0) is 4.79 Å². The van der Waals surface area contributed by atoms with Crippen LogP contribution in [0.15, 0.2) is 83.8 Å². The fourth-order valence-corrected chi connectivity index (χ4v) is 3.72. The Labute approximate surface area is 185 Å². The second-order valence-electron chi connectivity index (χ2n) is 6.90. The van der Waals surface area contributed by atoms with Crippen molar-refractivity contribution in [1.29, 1.82) is 0 Å². The fraction of sp³-hybridized carbons (Fsp3) is 0.125. The van der Waals surface area contributed by atoms with Crippen molar-refractivity contribution in [1.82, 2.24) is 14.8 Å². The van der Waals surface area contributed by atoms with Crippen LogP contribution in [0.3, 0.4) is 0 Å². The lowest BCUT2D eigenvalue weighted by molar-refractivity contribution is -0.113. The molecule has 3 aromatic carbocycles. The summed E-state index contributed by atoms with van der Waals surface area (Å²) < 4.78 is 6.98. The Balaban J connectivity index is 1.48. The summed E-state index contributed by atoms with van der Waals surface area (Å²) in [6, 6.07) is 25.7. The molecule has 31 heavy (non-hydrogen) atoms. The summed E-state index contributed by atoms with van der Waals surface area (Å²) in [5.74, 6) is 0.987. The largest absolute Gasteiger partial charge is 0.466 e. The number of anilines is 1. The van der Waals surface area contributed by atoms with Crippen LogP contribution in [0.1, 0.15) is 5.56 Å². The van der Waals surface area contributed by atoms with Crippen molar-refractivity contribution in [2.24, 2.45) is 0 Å². The predicted molar refractivity (Wildman–Crippen MR) is 124 cm³/mol. The molecule has 0 bridgehead atoms. The van der Waals surface area contributed by atoms with Crippen LogP contribution >= 0.6 is 11.8 Å². The Kier molecular flexibility index (Phi) is 6.33. The minimum Gasteiger partial charge on any atom is -0.466 e. The van der Waals surface area contributed by atoms with Gasteiger partial charge in [-0.3, -0.25) is 4.79 Å². The van der Waals surface area contributed by atoms with E-state index in [1.54, 1.807) is 11.8 Å². The molecule has 1 amide bonds. The average molecular weight is 431 g/mol. The SMILES string of the molecule is COc1nc(-c2ccc(C)cc2)n(-c2ccc(NC(=O)CSc3ccccc3)cc2)n1. The van der Waals surface area contributed by atoms with E-state index in [0.29, 0.717) is 17.6 Å². The lowest BCUT2D eigenvalue weighted by atomic mass is 10.1. The van der Waals surface area contributed by atoms with Gasteiger partial charge in [0.1, 0.15) is 0 Å². The van der Waals surface area contributed by atoms with Gasteiger partial charge in [0.25, 0.3) is 0 Å². The van der Waals surface area contributed by atoms with Crippen molar-refractivity contribution in [2.45, 2.75) is 11.8 Å². The summed E-state index contributed by atoms with van der Waals surface area (Å²) in [4.78, 5) is 17.8. The van der Waals surface area contributed by atoms with Gasteiger partial charge in [0.2, 0.25) is 5.91 Å². The number of thioether (sulfide) groups is 1. The van der Waals surface area contributed by atoms with Crippen LogP contribution in [0.2, 0.25) is 0 Å². The van der Waals surface area contributed by atoms with E-state index in [4.69, 9.17) is 4.74 Å². The number of carbonyl (C=O) groups is 1. The van der Waals surface area contributed by atoms with E-state index < -0.39 is 0 Å². The molecule has 1 aromatic heterocycles. The zero-order valence-electron chi connectivity index (χ0n) is 17.3. The molecule has 0 saturated carbocycles. The minimum atomic E-state index is -0.0515. The maximum absolute atomic E-state index is 12.3. The van der Waals surface area contributed by atoms with Crippen LogP contribution in [0.25, 0.3) is 17.1 Å². The molecule has 156 valence electrons. The molecule has 0 atom stereocenters. The Morgan fingerprint density at radius 2 is 1.71 bits per heavy atom. The van der Waals surface area contributed by atoms with E-state index in [9.17, 15) is 4.79 Å². The number of benzene rings is 3. The molecular formula is C24H22N4O2S. The summed E-state index contributed by atoms with van der Waals surface area (Å²) in [7, 11) is 1.55. The maximum atomic E-state index is 12.3. The maximum Gasteiger partial charge on any atom is 0.336 e. The number of nitrogens with zero attached hydrogens (tertiary/aromatic N) is 3. The highest BCUT2D eigenvalue weighted by Crippen LogP contribution is 2.25. The number of ether oxygens (including phenoxy) is 1. The first-order valence-corrected chi connectivity index (χ1v) is 10.8. The zero-order chi connectivity index (χ0) is 21.6. The molecule has 0 aliphatic rings. The molecule has 0 aliphatic carbocycles. The zero-order valence-corrected chi connectivity index (χ0v) is 18.1. The monoisotopic (exact) mass is 430 g/mol. The molecular weight excluding hydrogens is 408 g/mol. The van der Waals surface area contributed by atoms with E-state index >= 15 is 0 Å². The van der Waals surface area contributed by atoms with Crippen LogP contribution < -0.4 is 10.1 Å². The summed E-state index contributed by atoms with van der Waals surface area (Å²) in [6.45, 7) is 2.04. The standard InChI is InChI=1S/C24H22N4O2S/c1-17-8-10-18(11-9-17)23-26-24(30-2)27-28(23)20-14-12-19(13-15-20)25-22(29)16-31-21-6-4-3-5-7-21/h3-15H,16H2,1-2H3,(H,25,29). The first kappa shape index (κ1) is 20.7. The van der Waals surface area contributed by atoms with Gasteiger partial charge in [-0.25, -0.2) is 4.68 Å². The van der Waals surface area contributed by atoms with Gasteiger partial charge < -0.3 is 10.1 Å². The average Bonchev–Trinajstić information content (AvgIpc) is 3.24. The molecule has 1 N–H and O–H groups in total. The third-order valence-corrected chi connectivity index (χ3v) is 5.60. The second kappa shape index (κ2) is 9.49. The molecule has 7 heteroatoms. The van der Waals surface area contributed by atoms with Crippen LogP contribution in [0.5, 0.6) is 6.01 Å². The minimum absolute atomic E-state index is 0.0515. The molecule has 4 aromatic rings. The number of methoxy groups -OCH3 is 1. The normalized spacial score (nSPS) is 10.6. The van der Waals surface area contributed by atoms with E-state index in [0.717, 1.165) is 21.8 Å². The van der Waals surface area contributed by atoms with Crippen molar-refractivity contribution in [3.05, 3.63) is 84.4 Å². The summed E-state index contributed by atoms with van der Waals surface area (Å²) in [5, 5.41) is 7.37. The third-order valence-electron chi connectivity index (χ3n) is 4.59. The van der Waals surface area contributed by atoms with Gasteiger partial charge in [0.15, 0.2) is 5.82 Å². The van der Waals surface area contributed by atoms with Gasteiger partial charge in [0, 0.05) is 16.1 Å². The van der Waals surface area contributed by atoms with Gasteiger partial charge in [-0.2, -0.15) is 4.98 Å². The molecule has 0 aliphatic heterocycles. The lowest BCUT2D eigenvalue weighted by Gasteiger charge is -2.09. The first-order chi connectivity index (χ1) is 15.1. The van der Waals surface area contributed by atoms with Crippen LogP contribution in [0, 0.1) is 6.92 Å². The van der Waals surface area contributed by atoms with Gasteiger partial charge in [-0.05, 0) is 43.3 Å². The number of aromatic nitrogens is 3. The van der Waals surface area contributed by atoms with Crippen molar-refractivity contribution < 1.29 is 9.53 Å². The summed E-state index contributed by atoms with van der Waals surface area (Å²) in [5.41, 5.74) is 3.67. The van der Waals surface area contributed by atoms with Gasteiger partial charge in [0.05, 0.1) is 18.6 Å². The Bertz CT molecular complexity index is 1160. The Morgan fingerprint density at radius 1 is 1.00 bits per heavy atom. The molecule has 0 unspecified atom stereocenters. The molecule has 0 saturated heterocycles. The second-order valence-corrected chi connectivity index (χ2v) is 7.95. The van der Waals surface area contributed by atoms with Gasteiger partial charge >= 0.3 is 6.01 Å². The highest BCUT2D eigenvalue weighted by molar-refractivity contribution is 8.00. The van der Waals surface area contributed by atoms with Gasteiger partial charge in [-0.1, -0.05) is 48.0 Å². The highest BCUT2D eigenvalue weighted by atomic mass is 32.2. The molecule has 6 nitrogen and oxygen atoms in total. The summed E-state index contributed by atoms with van der Waals surface area (Å²) in [6.07, 6.45) is 0. The number of hydrogen-bond acceptors (Lipinski definition) is 5. The molecule has 0 fully saturated rings. The van der Waals surface area contributed by atoms with E-state index in [2.05, 4.69) is 15.4 Å². The van der Waals surface area contributed by atoms with Crippen molar-refractivity contribution in [3.8, 4) is 23.1 Å². The Hall–Kier alpha value is -3.58. The quantitative estimate of drug-likeness (QED) is 0.419. The number of carbonyl (C=O) groups excluding carboxylic acids is 1. The van der Waals surface area contributed by atoms with Crippen molar-refractivity contribution in [3.63, 3.8) is 0 Å². The molecule has 4 rings (SSSR count). The number of nitrogens with one attached hydrogen (secondary N) is 1. The van der Waals surface area contributed by atoms with Crippen LogP contribution in [0.4, 0.5) is 5.69 Å². The highest BCUT2D eigenvalue weighted by Gasteiger charge is 2.14. The third kappa shape index (κ3) is 5.13. The van der Waals surface area contributed by atoms with E-state index in [1.807, 2.05) is 85.8 Å². The number of aryl methyl sites for hydroxylation is 1. The summed E-state index contributed by atoms with van der Waals surface area (Å²) >= 11 is 1.51. The lowest BCUT2D eigenvalue weighted by Crippen LogP contribution is -2.14. The first-order valence-electron chi connectivity index (χ1n) is 9.78. The topological polar surface area (TPSA) is 69.0 Å². The molecule has 0 radical (unpaired) electrons. The van der Waals surface area contributed by atoms with Gasteiger partial charge in [-0.15, -0.1) is 16.9 Å².